The summed E-state index contributed by atoms with van der Waals surface area (Å²) in [4.78, 5) is 18.3. The molecule has 5 heterocycles. The van der Waals surface area contributed by atoms with Crippen molar-refractivity contribution >= 4 is 76.5 Å². The van der Waals surface area contributed by atoms with Crippen LogP contribution >= 0.6 is 0 Å². The average Bonchev–Trinajstić information content (AvgIpc) is 3.67. The van der Waals surface area contributed by atoms with E-state index in [0.29, 0.717) is 0 Å². The second-order valence-corrected chi connectivity index (χ2v) is 14.3. The SMILES string of the molecule is CC1=C(C)c2cc3[nH]c(cc4nc(c5c6[nH]c(cc1n2)C(C)(C)c6cc1cc2cc6ccccc6cc2cc15)C(C)=C4C)c(C)c3C. The topological polar surface area (TPSA) is 57.4 Å². The number of allylic oxidation sites excluding steroid dienone is 4. The van der Waals surface area contributed by atoms with E-state index in [1.807, 2.05) is 0 Å². The van der Waals surface area contributed by atoms with E-state index < -0.39 is 0 Å². The maximum Gasteiger partial charge on any atom is 0.0769 e. The molecule has 0 spiro atoms. The fraction of sp³-hybridized carbons (Fsp3) is 0.209. The third kappa shape index (κ3) is 3.88. The molecule has 47 heavy (non-hydrogen) atoms. The molecule has 2 N–H and O–H groups in total. The molecule has 2 aromatic heterocycles. The minimum atomic E-state index is -0.264. The van der Waals surface area contributed by atoms with Gasteiger partial charge in [-0.2, -0.15) is 0 Å². The first-order valence-electron chi connectivity index (χ1n) is 16.6. The smallest absolute Gasteiger partial charge is 0.0769 e. The Morgan fingerprint density at radius 2 is 1.09 bits per heavy atom. The van der Waals surface area contributed by atoms with Crippen LogP contribution in [0.2, 0.25) is 0 Å². The predicted octanol–water partition coefficient (Wildman–Crippen LogP) is 11.5. The van der Waals surface area contributed by atoms with Gasteiger partial charge >= 0.3 is 0 Å². The van der Waals surface area contributed by atoms with Crippen molar-refractivity contribution in [3.05, 3.63) is 118 Å². The standard InChI is InChI=1S/C43H38N4/c1-21-22(2)36-19-37-25(5)26(6)41(46-37)40-32-16-30-14-28-12-10-9-11-27(28)13-29(30)15-31(32)17-33-42(40)47-39(43(33,7)8)20-38-24(4)23(3)35(45-38)18-34(21)44-36/h9-20,44,47H,1-8H3. The first-order chi connectivity index (χ1) is 22.5. The van der Waals surface area contributed by atoms with Gasteiger partial charge in [0, 0.05) is 27.5 Å². The van der Waals surface area contributed by atoms with Crippen molar-refractivity contribution in [1.29, 1.82) is 0 Å². The summed E-state index contributed by atoms with van der Waals surface area (Å²) < 4.78 is 0. The summed E-state index contributed by atoms with van der Waals surface area (Å²) in [6.45, 7) is 17.9. The Morgan fingerprint density at radius 1 is 0.532 bits per heavy atom. The van der Waals surface area contributed by atoms with Crippen LogP contribution in [0.1, 0.15) is 86.7 Å². The van der Waals surface area contributed by atoms with Crippen molar-refractivity contribution in [3.8, 4) is 0 Å². The molecule has 8 bridgehead atoms. The first kappa shape index (κ1) is 28.0. The molecule has 3 aliphatic heterocycles. The van der Waals surface area contributed by atoms with Crippen LogP contribution in [0.3, 0.4) is 0 Å². The van der Waals surface area contributed by atoms with Gasteiger partial charge in [0.25, 0.3) is 0 Å². The highest BCUT2D eigenvalue weighted by Gasteiger charge is 2.33. The lowest BCUT2D eigenvalue weighted by Gasteiger charge is -2.21. The van der Waals surface area contributed by atoms with Crippen LogP contribution in [0, 0.1) is 13.8 Å². The molecule has 0 atom stereocenters. The number of hydrogen-bond acceptors (Lipinski definition) is 2. The molecule has 0 aliphatic carbocycles. The quantitative estimate of drug-likeness (QED) is 0.168. The van der Waals surface area contributed by atoms with Gasteiger partial charge in [0.15, 0.2) is 0 Å². The van der Waals surface area contributed by atoms with Crippen molar-refractivity contribution in [1.82, 2.24) is 19.9 Å². The van der Waals surface area contributed by atoms with Crippen LogP contribution < -0.4 is 0 Å². The van der Waals surface area contributed by atoms with E-state index in [0.717, 1.165) is 45.0 Å². The molecule has 3 aliphatic rings. The Balaban J connectivity index is 1.52. The molecule has 0 saturated carbocycles. The number of hydrogen-bond donors (Lipinski definition) is 2. The highest BCUT2D eigenvalue weighted by molar-refractivity contribution is 6.18. The van der Waals surface area contributed by atoms with Gasteiger partial charge in [-0.05, 0) is 161 Å². The Hall–Kier alpha value is -5.22. The predicted molar refractivity (Wildman–Crippen MR) is 200 cm³/mol. The second kappa shape index (κ2) is 9.42. The van der Waals surface area contributed by atoms with Crippen molar-refractivity contribution in [2.45, 2.75) is 60.8 Å². The molecule has 4 heteroatoms. The first-order valence-corrected chi connectivity index (χ1v) is 16.6. The Kier molecular flexibility index (Phi) is 5.62. The maximum absolute atomic E-state index is 5.46. The van der Waals surface area contributed by atoms with Gasteiger partial charge in [-0.15, -0.1) is 0 Å². The lowest BCUT2D eigenvalue weighted by molar-refractivity contribution is 0.646. The number of benzene rings is 4. The highest BCUT2D eigenvalue weighted by Crippen LogP contribution is 2.46. The highest BCUT2D eigenvalue weighted by atomic mass is 14.8. The number of H-pyrrole nitrogens is 2. The van der Waals surface area contributed by atoms with Crippen molar-refractivity contribution in [3.63, 3.8) is 0 Å². The fourth-order valence-electron chi connectivity index (χ4n) is 7.80. The van der Waals surface area contributed by atoms with Crippen LogP contribution in [-0.4, -0.2) is 19.9 Å². The van der Waals surface area contributed by atoms with Gasteiger partial charge in [-0.1, -0.05) is 38.1 Å². The lowest BCUT2D eigenvalue weighted by atomic mass is 9.80. The maximum atomic E-state index is 5.46. The summed E-state index contributed by atoms with van der Waals surface area (Å²) in [6.07, 6.45) is 0. The number of nitrogens with zero attached hydrogens (tertiary/aromatic N) is 2. The minimum absolute atomic E-state index is 0.264. The summed E-state index contributed by atoms with van der Waals surface area (Å²) in [7, 11) is 0. The number of rotatable bonds is 0. The van der Waals surface area contributed by atoms with E-state index in [4.69, 9.17) is 9.97 Å². The molecule has 9 rings (SSSR count). The van der Waals surface area contributed by atoms with Crippen LogP contribution in [0.15, 0.2) is 72.8 Å². The zero-order chi connectivity index (χ0) is 32.5. The molecule has 4 nitrogen and oxygen atoms in total. The summed E-state index contributed by atoms with van der Waals surface area (Å²) in [5.41, 5.74) is 16.9. The number of aryl methyl sites for hydroxylation is 2. The van der Waals surface area contributed by atoms with Crippen molar-refractivity contribution < 1.29 is 0 Å². The average molecular weight is 611 g/mol. The van der Waals surface area contributed by atoms with Gasteiger partial charge < -0.3 is 9.97 Å². The van der Waals surface area contributed by atoms with Gasteiger partial charge in [-0.25, -0.2) is 9.97 Å². The Bertz CT molecular complexity index is 2710. The van der Waals surface area contributed by atoms with Gasteiger partial charge in [0.2, 0.25) is 0 Å². The monoisotopic (exact) mass is 610 g/mol. The van der Waals surface area contributed by atoms with Crippen LogP contribution in [0.4, 0.5) is 0 Å². The van der Waals surface area contributed by atoms with E-state index in [9.17, 15) is 0 Å². The number of fused-ring (bicyclic) bond motifs is 12. The van der Waals surface area contributed by atoms with Gasteiger partial charge in [0.05, 0.1) is 28.3 Å². The van der Waals surface area contributed by atoms with Crippen molar-refractivity contribution in [2.75, 3.05) is 0 Å². The zero-order valence-corrected chi connectivity index (χ0v) is 28.3. The normalized spacial score (nSPS) is 15.2. The number of aromatic nitrogens is 4. The number of nitrogens with one attached hydrogen (secondary N) is 2. The summed E-state index contributed by atoms with van der Waals surface area (Å²) >= 11 is 0. The second-order valence-electron chi connectivity index (χ2n) is 14.3. The van der Waals surface area contributed by atoms with Crippen molar-refractivity contribution in [2.24, 2.45) is 0 Å². The molecule has 0 fully saturated rings. The molecule has 230 valence electrons. The molecule has 0 amide bonds. The van der Waals surface area contributed by atoms with Crippen LogP contribution in [0.25, 0.3) is 76.5 Å². The molecule has 4 aromatic carbocycles. The number of aromatic amines is 2. The minimum Gasteiger partial charge on any atom is -0.357 e. The van der Waals surface area contributed by atoms with E-state index in [1.165, 1.54) is 76.7 Å². The molecular formula is C43H38N4. The van der Waals surface area contributed by atoms with E-state index in [-0.39, 0.29) is 5.41 Å². The lowest BCUT2D eigenvalue weighted by Crippen LogP contribution is -2.15. The molecule has 0 saturated heterocycles. The summed E-state index contributed by atoms with van der Waals surface area (Å²) in [5.74, 6) is 0. The van der Waals surface area contributed by atoms with Crippen LogP contribution in [0.5, 0.6) is 0 Å². The molecule has 6 aromatic rings. The van der Waals surface area contributed by atoms with Gasteiger partial charge in [-0.3, -0.25) is 0 Å². The molecule has 0 radical (unpaired) electrons. The Morgan fingerprint density at radius 3 is 1.74 bits per heavy atom. The van der Waals surface area contributed by atoms with Crippen LogP contribution in [-0.2, 0) is 5.41 Å². The van der Waals surface area contributed by atoms with E-state index in [1.54, 1.807) is 0 Å². The summed E-state index contributed by atoms with van der Waals surface area (Å²) in [6, 6.07) is 27.2. The van der Waals surface area contributed by atoms with E-state index >= 15 is 0 Å². The zero-order valence-electron chi connectivity index (χ0n) is 28.3. The molecule has 0 unspecified atom stereocenters. The Labute approximate surface area is 274 Å². The largest absolute Gasteiger partial charge is 0.357 e. The van der Waals surface area contributed by atoms with E-state index in [2.05, 4.69) is 138 Å². The molecular weight excluding hydrogens is 573 g/mol. The van der Waals surface area contributed by atoms with Gasteiger partial charge in [0.1, 0.15) is 0 Å². The fourth-order valence-corrected chi connectivity index (χ4v) is 7.80. The summed E-state index contributed by atoms with van der Waals surface area (Å²) in [5, 5.41) is 8.63. The third-order valence-corrected chi connectivity index (χ3v) is 11.4. The third-order valence-electron chi connectivity index (χ3n) is 11.4.